The van der Waals surface area contributed by atoms with E-state index < -0.39 is 11.8 Å². The number of aliphatic imine (C=N–C) groups is 1. The summed E-state index contributed by atoms with van der Waals surface area (Å²) >= 11 is 6.72. The van der Waals surface area contributed by atoms with Crippen molar-refractivity contribution in [1.29, 1.82) is 0 Å². The summed E-state index contributed by atoms with van der Waals surface area (Å²) in [6.07, 6.45) is 6.07. The van der Waals surface area contributed by atoms with Crippen LogP contribution in [-0.4, -0.2) is 30.4 Å². The highest BCUT2D eigenvalue weighted by molar-refractivity contribution is 6.32. The number of hydrogen-bond acceptors (Lipinski definition) is 6. The molecule has 0 amide bonds. The van der Waals surface area contributed by atoms with E-state index in [0.717, 1.165) is 31.4 Å². The summed E-state index contributed by atoms with van der Waals surface area (Å²) in [6.45, 7) is 6.13. The maximum Gasteiger partial charge on any atom is 0.315 e. The van der Waals surface area contributed by atoms with E-state index in [1.807, 2.05) is 13.0 Å². The Bertz CT molecular complexity index is 1070. The van der Waals surface area contributed by atoms with Gasteiger partial charge in [0.05, 0.1) is 0 Å². The molecule has 1 saturated carbocycles. The fourth-order valence-corrected chi connectivity index (χ4v) is 5.95. The first kappa shape index (κ1) is 22.5. The number of carbonyl (C=O) groups is 2. The molecule has 2 aliphatic heterocycles. The van der Waals surface area contributed by atoms with Crippen LogP contribution in [0.3, 0.4) is 0 Å². The van der Waals surface area contributed by atoms with Gasteiger partial charge in [0, 0.05) is 40.4 Å². The zero-order valence-corrected chi connectivity index (χ0v) is 20.2. The number of esters is 1. The van der Waals surface area contributed by atoms with Gasteiger partial charge in [-0.05, 0) is 56.1 Å². The zero-order valence-electron chi connectivity index (χ0n) is 19.4. The standard InChI is InChI=1S/C26H30ClNO5/c1-14-22(25(30)33-15-7-5-4-6-8-15)23(16-9-20-21(10-17(16)27)32-13-31-20)24-18(28-14)11-26(2,3)12-19(24)29/h9-10,15,22-23H,4-8,11-13H2,1-3H3/t22?,23-/m0/s1. The Morgan fingerprint density at radius 3 is 2.55 bits per heavy atom. The van der Waals surface area contributed by atoms with E-state index in [9.17, 15) is 9.59 Å². The molecule has 2 atom stereocenters. The second-order valence-corrected chi connectivity index (χ2v) is 10.8. The third-order valence-corrected chi connectivity index (χ3v) is 7.55. The van der Waals surface area contributed by atoms with Crippen molar-refractivity contribution in [3.8, 4) is 11.5 Å². The van der Waals surface area contributed by atoms with Crippen LogP contribution in [0.25, 0.3) is 0 Å². The monoisotopic (exact) mass is 471 g/mol. The van der Waals surface area contributed by atoms with Crippen LogP contribution in [0.1, 0.15) is 77.2 Å². The number of allylic oxidation sites excluding steroid dienone is 2. The van der Waals surface area contributed by atoms with Crippen LogP contribution in [0.2, 0.25) is 5.02 Å². The summed E-state index contributed by atoms with van der Waals surface area (Å²) in [5.74, 6) is -0.429. The number of ether oxygens (including phenoxy) is 3. The van der Waals surface area contributed by atoms with Gasteiger partial charge in [-0.15, -0.1) is 0 Å². The lowest BCUT2D eigenvalue weighted by atomic mass is 9.67. The second-order valence-electron chi connectivity index (χ2n) is 10.4. The predicted molar refractivity (Wildman–Crippen MR) is 125 cm³/mol. The molecule has 1 aromatic rings. The highest BCUT2D eigenvalue weighted by Crippen LogP contribution is 2.51. The van der Waals surface area contributed by atoms with E-state index in [4.69, 9.17) is 30.8 Å². The normalized spacial score (nSPS) is 26.7. The van der Waals surface area contributed by atoms with Crippen LogP contribution in [-0.2, 0) is 14.3 Å². The minimum absolute atomic E-state index is 0.0201. The van der Waals surface area contributed by atoms with Gasteiger partial charge in [0.25, 0.3) is 0 Å². The first-order chi connectivity index (χ1) is 15.7. The average Bonchev–Trinajstić information content (AvgIpc) is 3.19. The molecule has 0 saturated heterocycles. The maximum atomic E-state index is 13.6. The van der Waals surface area contributed by atoms with E-state index in [1.54, 1.807) is 6.07 Å². The molecule has 1 aromatic carbocycles. The Hall–Kier alpha value is -2.34. The van der Waals surface area contributed by atoms with Gasteiger partial charge >= 0.3 is 5.97 Å². The molecule has 2 aliphatic carbocycles. The van der Waals surface area contributed by atoms with Crippen LogP contribution >= 0.6 is 11.6 Å². The number of benzene rings is 1. The van der Waals surface area contributed by atoms with Crippen molar-refractivity contribution in [2.75, 3.05) is 6.79 Å². The molecule has 0 aromatic heterocycles. The fraction of sp³-hybridized carbons (Fsp3) is 0.577. The molecular formula is C26H30ClNO5. The molecule has 0 spiro atoms. The van der Waals surface area contributed by atoms with Crippen molar-refractivity contribution < 1.29 is 23.8 Å². The Kier molecular flexibility index (Phi) is 5.76. The van der Waals surface area contributed by atoms with E-state index in [-0.39, 0.29) is 30.1 Å². The van der Waals surface area contributed by atoms with Crippen LogP contribution in [0.15, 0.2) is 28.4 Å². The van der Waals surface area contributed by atoms with Crippen molar-refractivity contribution in [3.63, 3.8) is 0 Å². The molecule has 6 nitrogen and oxygen atoms in total. The molecule has 2 heterocycles. The predicted octanol–water partition coefficient (Wildman–Crippen LogP) is 5.76. The van der Waals surface area contributed by atoms with Crippen LogP contribution < -0.4 is 9.47 Å². The number of nitrogens with zero attached hydrogens (tertiary/aromatic N) is 1. The number of hydrogen-bond donors (Lipinski definition) is 0. The summed E-state index contributed by atoms with van der Waals surface area (Å²) in [7, 11) is 0. The lowest BCUT2D eigenvalue weighted by molar-refractivity contribution is -0.153. The lowest BCUT2D eigenvalue weighted by Gasteiger charge is -2.39. The molecule has 0 radical (unpaired) electrons. The van der Waals surface area contributed by atoms with Gasteiger partial charge < -0.3 is 14.2 Å². The molecule has 4 aliphatic rings. The van der Waals surface area contributed by atoms with E-state index in [0.29, 0.717) is 46.2 Å². The van der Waals surface area contributed by atoms with Gasteiger partial charge in [-0.2, -0.15) is 0 Å². The number of halogens is 1. The molecule has 1 unspecified atom stereocenters. The number of carbonyl (C=O) groups excluding carboxylic acids is 2. The summed E-state index contributed by atoms with van der Waals surface area (Å²) in [6, 6.07) is 3.52. The Labute approximate surface area is 199 Å². The van der Waals surface area contributed by atoms with Crippen LogP contribution in [0.5, 0.6) is 11.5 Å². The second kappa shape index (κ2) is 8.46. The van der Waals surface area contributed by atoms with Crippen molar-refractivity contribution in [2.24, 2.45) is 16.3 Å². The third-order valence-electron chi connectivity index (χ3n) is 7.22. The van der Waals surface area contributed by atoms with Crippen molar-refractivity contribution in [1.82, 2.24) is 0 Å². The van der Waals surface area contributed by atoms with Crippen LogP contribution in [0, 0.1) is 11.3 Å². The Morgan fingerprint density at radius 2 is 1.82 bits per heavy atom. The average molecular weight is 472 g/mol. The maximum absolute atomic E-state index is 13.6. The molecule has 33 heavy (non-hydrogen) atoms. The zero-order chi connectivity index (χ0) is 23.3. The van der Waals surface area contributed by atoms with E-state index in [1.165, 1.54) is 6.42 Å². The SMILES string of the molecule is CC1=NC2=C(C(=O)CC(C)(C)C2)[C@@H](c2cc3c(cc2Cl)OCO3)C1C(=O)OC1CCCCC1. The minimum Gasteiger partial charge on any atom is -0.462 e. The lowest BCUT2D eigenvalue weighted by Crippen LogP contribution is -2.40. The first-order valence-electron chi connectivity index (χ1n) is 11.8. The van der Waals surface area contributed by atoms with E-state index >= 15 is 0 Å². The molecule has 5 rings (SSSR count). The van der Waals surface area contributed by atoms with Gasteiger partial charge in [0.1, 0.15) is 12.0 Å². The third kappa shape index (κ3) is 4.18. The molecular weight excluding hydrogens is 442 g/mol. The first-order valence-corrected chi connectivity index (χ1v) is 12.2. The van der Waals surface area contributed by atoms with Crippen LogP contribution in [0.4, 0.5) is 0 Å². The highest BCUT2D eigenvalue weighted by Gasteiger charge is 2.47. The molecule has 1 fully saturated rings. The van der Waals surface area contributed by atoms with Crippen molar-refractivity contribution >= 4 is 29.1 Å². The molecule has 0 N–H and O–H groups in total. The topological polar surface area (TPSA) is 74.2 Å². The number of rotatable bonds is 3. The Morgan fingerprint density at radius 1 is 1.12 bits per heavy atom. The summed E-state index contributed by atoms with van der Waals surface area (Å²) in [5.41, 5.74) is 2.51. The van der Waals surface area contributed by atoms with Gasteiger partial charge in [-0.1, -0.05) is 31.9 Å². The molecule has 0 bridgehead atoms. The largest absolute Gasteiger partial charge is 0.462 e. The van der Waals surface area contributed by atoms with Gasteiger partial charge in [-0.3, -0.25) is 14.6 Å². The van der Waals surface area contributed by atoms with Crippen molar-refractivity contribution in [3.05, 3.63) is 34.0 Å². The summed E-state index contributed by atoms with van der Waals surface area (Å²) in [5, 5.41) is 0.443. The Balaban J connectivity index is 1.60. The van der Waals surface area contributed by atoms with Gasteiger partial charge in [-0.25, -0.2) is 0 Å². The highest BCUT2D eigenvalue weighted by atomic mass is 35.5. The number of ketones is 1. The number of fused-ring (bicyclic) bond motifs is 1. The fourth-order valence-electron chi connectivity index (χ4n) is 5.68. The van der Waals surface area contributed by atoms with Crippen molar-refractivity contribution in [2.45, 2.75) is 77.7 Å². The quantitative estimate of drug-likeness (QED) is 0.524. The van der Waals surface area contributed by atoms with Gasteiger partial charge in [0.15, 0.2) is 17.3 Å². The number of Topliss-reactive ketones (excluding diaryl/α,β-unsaturated/α-hetero) is 1. The minimum atomic E-state index is -0.700. The molecule has 176 valence electrons. The summed E-state index contributed by atoms with van der Waals surface area (Å²) in [4.78, 5) is 31.8. The van der Waals surface area contributed by atoms with Gasteiger partial charge in [0.2, 0.25) is 6.79 Å². The van der Waals surface area contributed by atoms with E-state index in [2.05, 4.69) is 13.8 Å². The molecule has 7 heteroatoms. The summed E-state index contributed by atoms with van der Waals surface area (Å²) < 4.78 is 17.1. The smallest absolute Gasteiger partial charge is 0.315 e.